The van der Waals surface area contributed by atoms with Gasteiger partial charge in [0.25, 0.3) is 5.22 Å². The second-order valence-electron chi connectivity index (χ2n) is 4.58. The van der Waals surface area contributed by atoms with Crippen molar-refractivity contribution in [2.45, 2.75) is 17.4 Å². The molecule has 3 nitrogen and oxygen atoms in total. The number of oxazole rings is 1. The van der Waals surface area contributed by atoms with Gasteiger partial charge in [-0.2, -0.15) is 0 Å². The van der Waals surface area contributed by atoms with Gasteiger partial charge in [0.05, 0.1) is 5.25 Å². The maximum Gasteiger partial charge on any atom is 0.257 e. The first-order chi connectivity index (χ1) is 10.1. The molecule has 1 heterocycles. The van der Waals surface area contributed by atoms with Gasteiger partial charge in [0, 0.05) is 5.56 Å². The number of carbonyl (C=O) groups is 1. The molecule has 3 aromatic rings. The highest BCUT2D eigenvalue weighted by Gasteiger charge is 2.19. The van der Waals surface area contributed by atoms with Crippen LogP contribution in [-0.4, -0.2) is 16.0 Å². The van der Waals surface area contributed by atoms with E-state index in [0.717, 1.165) is 5.52 Å². The summed E-state index contributed by atoms with van der Waals surface area (Å²) in [6.45, 7) is 1.78. The molecule has 0 spiro atoms. The fourth-order valence-electron chi connectivity index (χ4n) is 1.96. The average Bonchev–Trinajstić information content (AvgIpc) is 2.89. The van der Waals surface area contributed by atoms with E-state index >= 15 is 0 Å². The zero-order valence-electron chi connectivity index (χ0n) is 11.2. The molecule has 0 bridgehead atoms. The van der Waals surface area contributed by atoms with Gasteiger partial charge in [0.2, 0.25) is 0 Å². The predicted molar refractivity (Wildman–Crippen MR) is 80.1 cm³/mol. The van der Waals surface area contributed by atoms with Gasteiger partial charge in [0.1, 0.15) is 11.3 Å². The fourth-order valence-corrected chi connectivity index (χ4v) is 2.79. The smallest absolute Gasteiger partial charge is 0.257 e. The Morgan fingerprint density at radius 1 is 1.19 bits per heavy atom. The summed E-state index contributed by atoms with van der Waals surface area (Å²) in [6, 6.07) is 13.0. The SMILES string of the molecule is C[C@@H](Sc1nc2ccccc2o1)C(=O)c1ccc(F)cc1. The Labute approximate surface area is 125 Å². The molecule has 0 saturated heterocycles. The number of hydrogen-bond acceptors (Lipinski definition) is 4. The zero-order chi connectivity index (χ0) is 14.8. The van der Waals surface area contributed by atoms with Crippen molar-refractivity contribution in [1.82, 2.24) is 4.98 Å². The third-order valence-electron chi connectivity index (χ3n) is 3.05. The van der Waals surface area contributed by atoms with Crippen molar-refractivity contribution in [3.63, 3.8) is 0 Å². The first-order valence-corrected chi connectivity index (χ1v) is 7.33. The van der Waals surface area contributed by atoms with Crippen molar-refractivity contribution in [3.8, 4) is 0 Å². The summed E-state index contributed by atoms with van der Waals surface area (Å²) in [6.07, 6.45) is 0. The number of carbonyl (C=O) groups excluding carboxylic acids is 1. The van der Waals surface area contributed by atoms with Crippen LogP contribution >= 0.6 is 11.8 Å². The van der Waals surface area contributed by atoms with Crippen LogP contribution in [0.25, 0.3) is 11.1 Å². The minimum atomic E-state index is -0.358. The summed E-state index contributed by atoms with van der Waals surface area (Å²) < 4.78 is 18.5. The number of fused-ring (bicyclic) bond motifs is 1. The first-order valence-electron chi connectivity index (χ1n) is 6.45. The monoisotopic (exact) mass is 301 g/mol. The molecule has 0 unspecified atom stereocenters. The van der Waals surface area contributed by atoms with E-state index in [9.17, 15) is 9.18 Å². The molecule has 5 heteroatoms. The molecule has 0 amide bonds. The maximum absolute atomic E-state index is 12.9. The number of para-hydroxylation sites is 2. The second kappa shape index (κ2) is 5.69. The Morgan fingerprint density at radius 2 is 1.90 bits per heavy atom. The van der Waals surface area contributed by atoms with E-state index in [1.165, 1.54) is 36.0 Å². The van der Waals surface area contributed by atoms with Crippen molar-refractivity contribution < 1.29 is 13.6 Å². The quantitative estimate of drug-likeness (QED) is 0.531. The van der Waals surface area contributed by atoms with E-state index in [1.54, 1.807) is 6.92 Å². The molecule has 106 valence electrons. The van der Waals surface area contributed by atoms with Gasteiger partial charge < -0.3 is 4.42 Å². The topological polar surface area (TPSA) is 43.1 Å². The van der Waals surface area contributed by atoms with E-state index in [0.29, 0.717) is 16.4 Å². The Balaban J connectivity index is 1.77. The molecular formula is C16H12FNO2S. The lowest BCUT2D eigenvalue weighted by Gasteiger charge is -2.07. The second-order valence-corrected chi connectivity index (χ2v) is 5.87. The Hall–Kier alpha value is -2.14. The average molecular weight is 301 g/mol. The molecule has 1 atom stereocenters. The molecule has 3 rings (SSSR count). The zero-order valence-corrected chi connectivity index (χ0v) is 12.1. The summed E-state index contributed by atoms with van der Waals surface area (Å²) in [7, 11) is 0. The minimum absolute atomic E-state index is 0.0812. The molecule has 0 aliphatic rings. The molecule has 0 N–H and O–H groups in total. The van der Waals surface area contributed by atoms with Crippen LogP contribution in [0.3, 0.4) is 0 Å². The normalized spacial score (nSPS) is 12.5. The van der Waals surface area contributed by atoms with Crippen LogP contribution in [-0.2, 0) is 0 Å². The highest BCUT2D eigenvalue weighted by Crippen LogP contribution is 2.28. The summed E-state index contributed by atoms with van der Waals surface area (Å²) in [5.74, 6) is -0.437. The lowest BCUT2D eigenvalue weighted by atomic mass is 10.1. The molecule has 0 aliphatic heterocycles. The van der Waals surface area contributed by atoms with Gasteiger partial charge in [-0.1, -0.05) is 23.9 Å². The standard InChI is InChI=1S/C16H12FNO2S/c1-10(15(19)11-6-8-12(17)9-7-11)21-16-18-13-4-2-3-5-14(13)20-16/h2-10H,1H3/t10-/m1/s1. The summed E-state index contributed by atoms with van der Waals surface area (Å²) in [4.78, 5) is 16.6. The van der Waals surface area contributed by atoms with E-state index in [2.05, 4.69) is 4.98 Å². The third kappa shape index (κ3) is 2.97. The summed E-state index contributed by atoms with van der Waals surface area (Å²) in [5.41, 5.74) is 1.94. The fraction of sp³-hybridized carbons (Fsp3) is 0.125. The number of thioether (sulfide) groups is 1. The van der Waals surface area contributed by atoms with Crippen molar-refractivity contribution in [2.75, 3.05) is 0 Å². The number of Topliss-reactive ketones (excluding diaryl/α,β-unsaturated/α-hetero) is 1. The number of nitrogens with zero attached hydrogens (tertiary/aromatic N) is 1. The van der Waals surface area contributed by atoms with Crippen molar-refractivity contribution >= 4 is 28.6 Å². The molecule has 0 aliphatic carbocycles. The summed E-state index contributed by atoms with van der Waals surface area (Å²) >= 11 is 1.26. The van der Waals surface area contributed by atoms with Crippen LogP contribution in [0, 0.1) is 5.82 Å². The van der Waals surface area contributed by atoms with E-state index in [4.69, 9.17) is 4.42 Å². The first kappa shape index (κ1) is 13.8. The number of hydrogen-bond donors (Lipinski definition) is 0. The number of halogens is 1. The van der Waals surface area contributed by atoms with E-state index < -0.39 is 0 Å². The highest BCUT2D eigenvalue weighted by molar-refractivity contribution is 8.00. The maximum atomic E-state index is 12.9. The number of ketones is 1. The van der Waals surface area contributed by atoms with Crippen molar-refractivity contribution in [2.24, 2.45) is 0 Å². The Kier molecular flexibility index (Phi) is 3.75. The van der Waals surface area contributed by atoms with Crippen LogP contribution in [0.2, 0.25) is 0 Å². The Morgan fingerprint density at radius 3 is 2.62 bits per heavy atom. The van der Waals surface area contributed by atoms with E-state index in [-0.39, 0.29) is 16.9 Å². The van der Waals surface area contributed by atoms with Gasteiger partial charge in [-0.05, 0) is 43.3 Å². The molecule has 0 saturated carbocycles. The van der Waals surface area contributed by atoms with Gasteiger partial charge in [-0.25, -0.2) is 9.37 Å². The Bertz CT molecular complexity index is 749. The molecule has 2 aromatic carbocycles. The highest BCUT2D eigenvalue weighted by atomic mass is 32.2. The van der Waals surface area contributed by atoms with Crippen LogP contribution in [0.4, 0.5) is 4.39 Å². The largest absolute Gasteiger partial charge is 0.431 e. The number of benzene rings is 2. The van der Waals surface area contributed by atoms with Crippen LogP contribution in [0.15, 0.2) is 58.2 Å². The molecular weight excluding hydrogens is 289 g/mol. The predicted octanol–water partition coefficient (Wildman–Crippen LogP) is 4.33. The number of rotatable bonds is 4. The minimum Gasteiger partial charge on any atom is -0.431 e. The third-order valence-corrected chi connectivity index (χ3v) is 3.99. The summed E-state index contributed by atoms with van der Waals surface area (Å²) in [5, 5.41) is 0.0997. The lowest BCUT2D eigenvalue weighted by molar-refractivity contribution is 0.0993. The van der Waals surface area contributed by atoms with Gasteiger partial charge in [-0.3, -0.25) is 4.79 Å². The van der Waals surface area contributed by atoms with Gasteiger partial charge >= 0.3 is 0 Å². The molecule has 21 heavy (non-hydrogen) atoms. The molecule has 0 radical (unpaired) electrons. The van der Waals surface area contributed by atoms with Crippen LogP contribution < -0.4 is 0 Å². The lowest BCUT2D eigenvalue weighted by Crippen LogP contribution is -2.13. The van der Waals surface area contributed by atoms with Crippen molar-refractivity contribution in [3.05, 3.63) is 59.9 Å². The molecule has 0 fully saturated rings. The van der Waals surface area contributed by atoms with Crippen molar-refractivity contribution in [1.29, 1.82) is 0 Å². The van der Waals surface area contributed by atoms with Crippen LogP contribution in [0.1, 0.15) is 17.3 Å². The number of aromatic nitrogens is 1. The van der Waals surface area contributed by atoms with Gasteiger partial charge in [0.15, 0.2) is 11.4 Å². The molecule has 1 aromatic heterocycles. The van der Waals surface area contributed by atoms with Gasteiger partial charge in [-0.15, -0.1) is 0 Å². The van der Waals surface area contributed by atoms with Crippen LogP contribution in [0.5, 0.6) is 0 Å². The van der Waals surface area contributed by atoms with E-state index in [1.807, 2.05) is 24.3 Å².